The largest absolute Gasteiger partial charge is 0.362 e. The number of amides is 2. The molecule has 0 atom stereocenters. The number of fused-ring (bicyclic) bond motifs is 1. The van der Waals surface area contributed by atoms with Crippen molar-refractivity contribution in [2.45, 2.75) is 84.1 Å². The van der Waals surface area contributed by atoms with E-state index in [0.717, 1.165) is 68.8 Å². The molecule has 7 heteroatoms. The molecule has 7 nitrogen and oxygen atoms in total. The monoisotopic (exact) mass is 478 g/mol. The molecule has 1 aromatic heterocycles. The highest BCUT2D eigenvalue weighted by Gasteiger charge is 2.28. The molecule has 0 aliphatic heterocycles. The van der Waals surface area contributed by atoms with Crippen LogP contribution in [0.5, 0.6) is 0 Å². The van der Waals surface area contributed by atoms with Gasteiger partial charge in [-0.15, -0.1) is 0 Å². The Bertz CT molecular complexity index is 1010. The van der Waals surface area contributed by atoms with Gasteiger partial charge in [-0.3, -0.25) is 4.90 Å². The number of anilines is 3. The molecule has 0 saturated heterocycles. The Morgan fingerprint density at radius 2 is 1.69 bits per heavy atom. The fraction of sp³-hybridized carbons (Fsp3) is 0.607. The molecule has 0 radical (unpaired) electrons. The van der Waals surface area contributed by atoms with Crippen molar-refractivity contribution in [2.24, 2.45) is 11.7 Å². The SMILES string of the molecule is CCc1cccc(CC)c1N(CC1CCC(Nc2nc3c(c(N(C)C)n2)CCCC3)CC1)C(N)=O. The van der Waals surface area contributed by atoms with Crippen molar-refractivity contribution >= 4 is 23.5 Å². The van der Waals surface area contributed by atoms with Crippen LogP contribution >= 0.6 is 0 Å². The number of hydrogen-bond acceptors (Lipinski definition) is 5. The molecular weight excluding hydrogens is 436 g/mol. The fourth-order valence-electron chi connectivity index (χ4n) is 5.79. The second kappa shape index (κ2) is 11.3. The minimum atomic E-state index is -0.348. The highest BCUT2D eigenvalue weighted by molar-refractivity contribution is 5.92. The molecule has 2 aromatic rings. The zero-order valence-electron chi connectivity index (χ0n) is 21.9. The number of aromatic nitrogens is 2. The van der Waals surface area contributed by atoms with Gasteiger partial charge in [-0.2, -0.15) is 4.98 Å². The van der Waals surface area contributed by atoms with Crippen molar-refractivity contribution in [3.63, 3.8) is 0 Å². The molecule has 35 heavy (non-hydrogen) atoms. The van der Waals surface area contributed by atoms with E-state index in [9.17, 15) is 4.79 Å². The van der Waals surface area contributed by atoms with Gasteiger partial charge in [0.15, 0.2) is 0 Å². The van der Waals surface area contributed by atoms with E-state index in [1.54, 1.807) is 0 Å². The summed E-state index contributed by atoms with van der Waals surface area (Å²) in [6.07, 6.45) is 10.5. The van der Waals surface area contributed by atoms with Crippen LogP contribution in [0.4, 0.5) is 22.2 Å². The third kappa shape index (κ3) is 5.71. The summed E-state index contributed by atoms with van der Waals surface area (Å²) in [5.74, 6) is 2.27. The van der Waals surface area contributed by atoms with Gasteiger partial charge >= 0.3 is 6.03 Å². The number of nitrogens with zero attached hydrogens (tertiary/aromatic N) is 4. The van der Waals surface area contributed by atoms with Gasteiger partial charge < -0.3 is 16.0 Å². The summed E-state index contributed by atoms with van der Waals surface area (Å²) >= 11 is 0. The van der Waals surface area contributed by atoms with Crippen molar-refractivity contribution in [3.8, 4) is 0 Å². The minimum absolute atomic E-state index is 0.348. The number of benzene rings is 1. The van der Waals surface area contributed by atoms with Crippen LogP contribution in [0.25, 0.3) is 0 Å². The molecule has 2 aliphatic rings. The van der Waals surface area contributed by atoms with Crippen molar-refractivity contribution < 1.29 is 4.79 Å². The number of para-hydroxylation sites is 1. The molecular formula is C28H42N6O. The number of aryl methyl sites for hydroxylation is 3. The van der Waals surface area contributed by atoms with E-state index in [2.05, 4.69) is 56.4 Å². The van der Waals surface area contributed by atoms with Crippen molar-refractivity contribution in [2.75, 3.05) is 35.8 Å². The fourth-order valence-corrected chi connectivity index (χ4v) is 5.79. The van der Waals surface area contributed by atoms with E-state index in [0.29, 0.717) is 18.5 Å². The second-order valence-electron chi connectivity index (χ2n) is 10.3. The van der Waals surface area contributed by atoms with E-state index in [1.165, 1.54) is 35.2 Å². The van der Waals surface area contributed by atoms with Crippen molar-refractivity contribution in [1.82, 2.24) is 9.97 Å². The predicted octanol–water partition coefficient (Wildman–Crippen LogP) is 5.10. The topological polar surface area (TPSA) is 87.4 Å². The van der Waals surface area contributed by atoms with Crippen molar-refractivity contribution in [3.05, 3.63) is 40.6 Å². The van der Waals surface area contributed by atoms with E-state index in [4.69, 9.17) is 15.7 Å². The minimum Gasteiger partial charge on any atom is -0.362 e. The molecule has 1 saturated carbocycles. The predicted molar refractivity (Wildman–Crippen MR) is 144 cm³/mol. The van der Waals surface area contributed by atoms with Crippen LogP contribution in [-0.4, -0.2) is 42.7 Å². The average Bonchev–Trinajstić information content (AvgIpc) is 2.87. The average molecular weight is 479 g/mol. The molecule has 2 aliphatic carbocycles. The number of primary amides is 1. The molecule has 1 aromatic carbocycles. The lowest BCUT2D eigenvalue weighted by Crippen LogP contribution is -2.42. The van der Waals surface area contributed by atoms with Gasteiger partial charge in [-0.25, -0.2) is 9.78 Å². The van der Waals surface area contributed by atoms with Crippen LogP contribution in [-0.2, 0) is 25.7 Å². The number of hydrogen-bond donors (Lipinski definition) is 2. The van der Waals surface area contributed by atoms with Gasteiger partial charge in [0.25, 0.3) is 0 Å². The summed E-state index contributed by atoms with van der Waals surface area (Å²) in [6, 6.07) is 6.33. The van der Waals surface area contributed by atoms with Gasteiger partial charge in [-0.1, -0.05) is 32.0 Å². The Balaban J connectivity index is 1.42. The smallest absolute Gasteiger partial charge is 0.319 e. The summed E-state index contributed by atoms with van der Waals surface area (Å²) in [4.78, 5) is 26.3. The van der Waals surface area contributed by atoms with Crippen LogP contribution in [0.3, 0.4) is 0 Å². The van der Waals surface area contributed by atoms with Crippen LogP contribution in [0.15, 0.2) is 18.2 Å². The van der Waals surface area contributed by atoms with Gasteiger partial charge in [0, 0.05) is 32.2 Å². The maximum Gasteiger partial charge on any atom is 0.319 e. The van der Waals surface area contributed by atoms with E-state index >= 15 is 0 Å². The summed E-state index contributed by atoms with van der Waals surface area (Å²) in [5, 5.41) is 3.64. The van der Waals surface area contributed by atoms with Crippen LogP contribution in [0.1, 0.15) is 74.8 Å². The third-order valence-electron chi connectivity index (χ3n) is 7.71. The zero-order chi connectivity index (χ0) is 24.9. The van der Waals surface area contributed by atoms with E-state index in [-0.39, 0.29) is 6.03 Å². The van der Waals surface area contributed by atoms with Gasteiger partial charge in [-0.05, 0) is 81.3 Å². The lowest BCUT2D eigenvalue weighted by atomic mass is 9.85. The molecule has 0 spiro atoms. The Kier molecular flexibility index (Phi) is 8.14. The zero-order valence-corrected chi connectivity index (χ0v) is 21.9. The first-order valence-corrected chi connectivity index (χ1v) is 13.4. The quantitative estimate of drug-likeness (QED) is 0.551. The molecule has 2 amide bonds. The number of urea groups is 1. The highest BCUT2D eigenvalue weighted by Crippen LogP contribution is 2.33. The molecule has 190 valence electrons. The number of carbonyl (C=O) groups is 1. The lowest BCUT2D eigenvalue weighted by Gasteiger charge is -2.34. The van der Waals surface area contributed by atoms with Gasteiger partial charge in [0.05, 0.1) is 11.4 Å². The van der Waals surface area contributed by atoms with E-state index < -0.39 is 0 Å². The summed E-state index contributed by atoms with van der Waals surface area (Å²) in [7, 11) is 4.13. The first-order valence-electron chi connectivity index (χ1n) is 13.4. The molecule has 0 bridgehead atoms. The maximum absolute atomic E-state index is 12.5. The molecule has 4 rings (SSSR count). The number of rotatable bonds is 8. The Labute approximate surface area is 210 Å². The Morgan fingerprint density at radius 1 is 1.03 bits per heavy atom. The Hall–Kier alpha value is -2.83. The molecule has 1 heterocycles. The highest BCUT2D eigenvalue weighted by atomic mass is 16.2. The summed E-state index contributed by atoms with van der Waals surface area (Å²) in [5.41, 5.74) is 11.9. The lowest BCUT2D eigenvalue weighted by molar-refractivity contribution is 0.250. The molecule has 3 N–H and O–H groups in total. The Morgan fingerprint density at radius 3 is 2.29 bits per heavy atom. The van der Waals surface area contributed by atoms with Crippen LogP contribution < -0.4 is 20.9 Å². The standard InChI is InChI=1S/C28H42N6O/c1-5-20-10-9-11-21(6-2)25(20)34(27(29)35)18-19-14-16-22(17-15-19)30-28-31-24-13-8-7-12-23(24)26(32-28)33(3)4/h9-11,19,22H,5-8,12-18H2,1-4H3,(H2,29,35)(H,30,31,32). The second-order valence-corrected chi connectivity index (χ2v) is 10.3. The normalized spacial score (nSPS) is 19.7. The molecule has 1 fully saturated rings. The first-order chi connectivity index (χ1) is 16.9. The number of carbonyl (C=O) groups excluding carboxylic acids is 1. The number of nitrogens with one attached hydrogen (secondary N) is 1. The summed E-state index contributed by atoms with van der Waals surface area (Å²) in [6.45, 7) is 4.96. The third-order valence-corrected chi connectivity index (χ3v) is 7.71. The summed E-state index contributed by atoms with van der Waals surface area (Å²) < 4.78 is 0. The maximum atomic E-state index is 12.5. The van der Waals surface area contributed by atoms with Crippen LogP contribution in [0, 0.1) is 5.92 Å². The molecule has 0 unspecified atom stereocenters. The van der Waals surface area contributed by atoms with Gasteiger partial charge in [0.1, 0.15) is 5.82 Å². The van der Waals surface area contributed by atoms with Crippen LogP contribution in [0.2, 0.25) is 0 Å². The number of nitrogens with two attached hydrogens (primary N) is 1. The first kappa shape index (κ1) is 25.3. The van der Waals surface area contributed by atoms with Gasteiger partial charge in [0.2, 0.25) is 5.95 Å². The van der Waals surface area contributed by atoms with Crippen molar-refractivity contribution in [1.29, 1.82) is 0 Å². The van der Waals surface area contributed by atoms with E-state index in [1.807, 2.05) is 4.90 Å².